The second kappa shape index (κ2) is 9.31. The first kappa shape index (κ1) is 19.8. The van der Waals surface area contributed by atoms with Crippen LogP contribution in [0.4, 0.5) is 10.3 Å². The van der Waals surface area contributed by atoms with E-state index in [0.29, 0.717) is 19.0 Å². The molecule has 2 saturated heterocycles. The van der Waals surface area contributed by atoms with Crippen LogP contribution in [-0.4, -0.2) is 53.0 Å². The van der Waals surface area contributed by atoms with Crippen LogP contribution in [0.15, 0.2) is 42.7 Å². The molecule has 1 atom stereocenters. The van der Waals surface area contributed by atoms with E-state index in [1.807, 2.05) is 12.1 Å². The number of aromatic nitrogens is 2. The largest absolute Gasteiger partial charge is 0.353 e. The Labute approximate surface area is 171 Å². The number of carbonyl (C=O) groups is 1. The Hall–Kier alpha value is -2.54. The predicted octanol–water partition coefficient (Wildman–Crippen LogP) is 2.61. The number of halogens is 1. The first-order valence-corrected chi connectivity index (χ1v) is 10.5. The van der Waals surface area contributed by atoms with Gasteiger partial charge in [0.1, 0.15) is 5.82 Å². The van der Waals surface area contributed by atoms with Crippen LogP contribution in [0.2, 0.25) is 0 Å². The van der Waals surface area contributed by atoms with E-state index in [-0.39, 0.29) is 23.7 Å². The number of anilines is 1. The van der Waals surface area contributed by atoms with E-state index >= 15 is 0 Å². The Balaban J connectivity index is 1.25. The molecule has 0 radical (unpaired) electrons. The van der Waals surface area contributed by atoms with Gasteiger partial charge in [-0.05, 0) is 37.8 Å². The smallest absolute Gasteiger partial charge is 0.225 e. The third-order valence-corrected chi connectivity index (χ3v) is 5.91. The van der Waals surface area contributed by atoms with Crippen LogP contribution in [-0.2, 0) is 11.3 Å². The maximum Gasteiger partial charge on any atom is 0.225 e. The normalized spacial score (nSPS) is 21.1. The van der Waals surface area contributed by atoms with Gasteiger partial charge < -0.3 is 10.2 Å². The first-order valence-electron chi connectivity index (χ1n) is 10.5. The number of piperidine rings is 2. The van der Waals surface area contributed by atoms with Crippen molar-refractivity contribution in [3.63, 3.8) is 0 Å². The zero-order chi connectivity index (χ0) is 20.1. The van der Waals surface area contributed by atoms with Crippen molar-refractivity contribution in [2.75, 3.05) is 31.1 Å². The molecule has 4 rings (SSSR count). The predicted molar refractivity (Wildman–Crippen MR) is 110 cm³/mol. The minimum atomic E-state index is -0.146. The lowest BCUT2D eigenvalue weighted by atomic mass is 9.96. The van der Waals surface area contributed by atoms with Crippen molar-refractivity contribution < 1.29 is 9.18 Å². The number of carbonyl (C=O) groups excluding carboxylic acids is 1. The summed E-state index contributed by atoms with van der Waals surface area (Å²) in [5, 5.41) is 3.25. The molecule has 29 heavy (non-hydrogen) atoms. The summed E-state index contributed by atoms with van der Waals surface area (Å²) >= 11 is 0. The van der Waals surface area contributed by atoms with Gasteiger partial charge in [-0.25, -0.2) is 14.4 Å². The van der Waals surface area contributed by atoms with E-state index in [4.69, 9.17) is 0 Å². The van der Waals surface area contributed by atoms with Gasteiger partial charge in [-0.15, -0.1) is 0 Å². The fourth-order valence-electron chi connectivity index (χ4n) is 4.25. The molecule has 3 heterocycles. The van der Waals surface area contributed by atoms with Gasteiger partial charge in [0.15, 0.2) is 0 Å². The molecule has 2 aliphatic heterocycles. The summed E-state index contributed by atoms with van der Waals surface area (Å²) < 4.78 is 13.9. The highest BCUT2D eigenvalue weighted by Crippen LogP contribution is 2.21. The lowest BCUT2D eigenvalue weighted by Crippen LogP contribution is -2.49. The van der Waals surface area contributed by atoms with Crippen molar-refractivity contribution in [3.8, 4) is 0 Å². The first-order chi connectivity index (χ1) is 14.2. The Morgan fingerprint density at radius 2 is 1.83 bits per heavy atom. The number of nitrogens with one attached hydrogen (secondary N) is 1. The van der Waals surface area contributed by atoms with E-state index in [1.165, 1.54) is 6.07 Å². The third-order valence-electron chi connectivity index (χ3n) is 5.91. The number of nitrogens with zero attached hydrogens (tertiary/aromatic N) is 4. The van der Waals surface area contributed by atoms with Gasteiger partial charge in [0.25, 0.3) is 0 Å². The highest BCUT2D eigenvalue weighted by Gasteiger charge is 2.29. The molecule has 2 fully saturated rings. The summed E-state index contributed by atoms with van der Waals surface area (Å²) in [7, 11) is 0. The van der Waals surface area contributed by atoms with Crippen molar-refractivity contribution in [1.29, 1.82) is 0 Å². The van der Waals surface area contributed by atoms with Crippen LogP contribution in [0.5, 0.6) is 0 Å². The average molecular weight is 397 g/mol. The number of hydrogen-bond acceptors (Lipinski definition) is 5. The van der Waals surface area contributed by atoms with Gasteiger partial charge in [-0.3, -0.25) is 9.69 Å². The quantitative estimate of drug-likeness (QED) is 0.840. The van der Waals surface area contributed by atoms with Crippen molar-refractivity contribution in [2.45, 2.75) is 38.3 Å². The van der Waals surface area contributed by atoms with Gasteiger partial charge in [-0.2, -0.15) is 0 Å². The molecular formula is C22H28FN5O. The highest BCUT2D eigenvalue weighted by molar-refractivity contribution is 5.79. The SMILES string of the molecule is O=C(NC1CCN(Cc2ccccc2F)CC1)[C@@H]1CCCN(c2ncccn2)C1. The van der Waals surface area contributed by atoms with E-state index in [1.54, 1.807) is 24.5 Å². The summed E-state index contributed by atoms with van der Waals surface area (Å²) in [5.74, 6) is 0.667. The Kier molecular flexibility index (Phi) is 6.34. The fourth-order valence-corrected chi connectivity index (χ4v) is 4.25. The van der Waals surface area contributed by atoms with Gasteiger partial charge in [0.05, 0.1) is 5.92 Å². The summed E-state index contributed by atoms with van der Waals surface area (Å²) in [4.78, 5) is 25.8. The monoisotopic (exact) mass is 397 g/mol. The van der Waals surface area contributed by atoms with Gasteiger partial charge in [0.2, 0.25) is 11.9 Å². The van der Waals surface area contributed by atoms with Gasteiger partial charge in [-0.1, -0.05) is 18.2 Å². The fraction of sp³-hybridized carbons (Fsp3) is 0.500. The molecule has 0 saturated carbocycles. The standard InChI is InChI=1S/C22H28FN5O/c23-20-7-2-1-5-17(20)15-27-13-8-19(9-14-27)26-21(29)18-6-3-12-28(16-18)22-24-10-4-11-25-22/h1-2,4-5,7,10-11,18-19H,3,6,8-9,12-16H2,(H,26,29)/t18-/m1/s1. The topological polar surface area (TPSA) is 61.4 Å². The molecule has 1 amide bonds. The molecule has 7 heteroatoms. The minimum Gasteiger partial charge on any atom is -0.353 e. The van der Waals surface area contributed by atoms with E-state index in [2.05, 4.69) is 25.1 Å². The van der Waals surface area contributed by atoms with Crippen LogP contribution < -0.4 is 10.2 Å². The van der Waals surface area contributed by atoms with Crippen molar-refractivity contribution in [3.05, 3.63) is 54.1 Å². The molecule has 154 valence electrons. The molecule has 2 aromatic rings. The number of rotatable bonds is 5. The molecule has 0 aliphatic carbocycles. The molecule has 0 unspecified atom stereocenters. The molecule has 0 bridgehead atoms. The lowest BCUT2D eigenvalue weighted by molar-refractivity contribution is -0.126. The molecular weight excluding hydrogens is 369 g/mol. The number of amides is 1. The van der Waals surface area contributed by atoms with Crippen LogP contribution in [0, 0.1) is 11.7 Å². The van der Waals surface area contributed by atoms with Crippen molar-refractivity contribution in [1.82, 2.24) is 20.2 Å². The Morgan fingerprint density at radius 3 is 2.59 bits per heavy atom. The maximum atomic E-state index is 13.9. The van der Waals surface area contributed by atoms with Crippen molar-refractivity contribution >= 4 is 11.9 Å². The van der Waals surface area contributed by atoms with Crippen LogP contribution >= 0.6 is 0 Å². The number of likely N-dealkylation sites (tertiary alicyclic amines) is 1. The maximum absolute atomic E-state index is 13.9. The van der Waals surface area contributed by atoms with E-state index in [9.17, 15) is 9.18 Å². The van der Waals surface area contributed by atoms with Gasteiger partial charge in [0, 0.05) is 56.7 Å². The molecule has 2 aliphatic rings. The van der Waals surface area contributed by atoms with Crippen molar-refractivity contribution in [2.24, 2.45) is 5.92 Å². The van der Waals surface area contributed by atoms with E-state index in [0.717, 1.165) is 50.9 Å². The van der Waals surface area contributed by atoms with Crippen LogP contribution in [0.3, 0.4) is 0 Å². The average Bonchev–Trinajstić information content (AvgIpc) is 2.77. The summed E-state index contributed by atoms with van der Waals surface area (Å²) in [6, 6.07) is 8.94. The Bertz CT molecular complexity index is 810. The molecule has 1 aromatic carbocycles. The lowest BCUT2D eigenvalue weighted by Gasteiger charge is -2.35. The zero-order valence-electron chi connectivity index (χ0n) is 16.6. The number of hydrogen-bond donors (Lipinski definition) is 1. The van der Waals surface area contributed by atoms with E-state index < -0.39 is 0 Å². The molecule has 0 spiro atoms. The second-order valence-corrected chi connectivity index (χ2v) is 7.98. The third kappa shape index (κ3) is 5.09. The van der Waals surface area contributed by atoms with Gasteiger partial charge >= 0.3 is 0 Å². The summed E-state index contributed by atoms with van der Waals surface area (Å²) in [5.41, 5.74) is 0.736. The Morgan fingerprint density at radius 1 is 1.07 bits per heavy atom. The second-order valence-electron chi connectivity index (χ2n) is 7.98. The molecule has 1 aromatic heterocycles. The molecule has 1 N–H and O–H groups in total. The van der Waals surface area contributed by atoms with Crippen LogP contribution in [0.25, 0.3) is 0 Å². The molecule has 6 nitrogen and oxygen atoms in total. The zero-order valence-corrected chi connectivity index (χ0v) is 16.6. The highest BCUT2D eigenvalue weighted by atomic mass is 19.1. The van der Waals surface area contributed by atoms with Crippen LogP contribution in [0.1, 0.15) is 31.2 Å². The number of benzene rings is 1. The minimum absolute atomic E-state index is 0.0241. The summed E-state index contributed by atoms with van der Waals surface area (Å²) in [6.45, 7) is 3.92. The summed E-state index contributed by atoms with van der Waals surface area (Å²) in [6.07, 6.45) is 7.15.